The third-order valence-electron chi connectivity index (χ3n) is 3.39. The second-order valence-electron chi connectivity index (χ2n) is 5.08. The minimum absolute atomic E-state index is 0.0170. The lowest BCUT2D eigenvalue weighted by atomic mass is 10.1. The zero-order valence-corrected chi connectivity index (χ0v) is 13.5. The molecule has 0 aliphatic rings. The molecular formula is C17H14ClN3O3. The van der Waals surface area contributed by atoms with Gasteiger partial charge in [-0.05, 0) is 24.3 Å². The van der Waals surface area contributed by atoms with Crippen molar-refractivity contribution in [3.8, 4) is 17.4 Å². The Morgan fingerprint density at radius 2 is 2.08 bits per heavy atom. The van der Waals surface area contributed by atoms with E-state index < -0.39 is 0 Å². The lowest BCUT2D eigenvalue weighted by Crippen LogP contribution is -2.19. The number of ether oxygens (including phenoxy) is 1. The molecular weight excluding hydrogens is 330 g/mol. The van der Waals surface area contributed by atoms with Crippen molar-refractivity contribution in [2.75, 3.05) is 7.05 Å². The maximum atomic E-state index is 11.4. The van der Waals surface area contributed by atoms with Crippen LogP contribution in [-0.2, 0) is 11.2 Å². The van der Waals surface area contributed by atoms with E-state index in [2.05, 4.69) is 15.3 Å². The molecule has 2 aromatic carbocycles. The Morgan fingerprint density at radius 1 is 1.25 bits per heavy atom. The fourth-order valence-electron chi connectivity index (χ4n) is 2.15. The standard InChI is InChI=1S/C17H14ClN3O3/c1-19-16(23)6-10-2-4-12(8-15(10)22)24-17-9-20-14-7-11(18)3-5-13(14)21-17/h2-5,7-9,22H,6H2,1H3,(H,19,23). The molecule has 2 N–H and O–H groups in total. The van der Waals surface area contributed by atoms with Gasteiger partial charge in [-0.1, -0.05) is 17.7 Å². The number of nitrogens with zero attached hydrogens (tertiary/aromatic N) is 2. The number of phenols is 1. The molecule has 0 fully saturated rings. The summed E-state index contributed by atoms with van der Waals surface area (Å²) in [5, 5.41) is 13.1. The van der Waals surface area contributed by atoms with Crippen LogP contribution < -0.4 is 10.1 Å². The van der Waals surface area contributed by atoms with Crippen molar-refractivity contribution in [1.29, 1.82) is 0 Å². The molecule has 0 radical (unpaired) electrons. The van der Waals surface area contributed by atoms with E-state index in [-0.39, 0.29) is 18.1 Å². The van der Waals surface area contributed by atoms with Gasteiger partial charge in [0.1, 0.15) is 11.5 Å². The summed E-state index contributed by atoms with van der Waals surface area (Å²) in [7, 11) is 1.54. The predicted molar refractivity (Wildman–Crippen MR) is 90.5 cm³/mol. The molecule has 3 rings (SSSR count). The average Bonchev–Trinajstić information content (AvgIpc) is 2.57. The zero-order chi connectivity index (χ0) is 17.1. The number of hydrogen-bond donors (Lipinski definition) is 2. The van der Waals surface area contributed by atoms with Crippen molar-refractivity contribution in [3.63, 3.8) is 0 Å². The van der Waals surface area contributed by atoms with Crippen molar-refractivity contribution < 1.29 is 14.6 Å². The van der Waals surface area contributed by atoms with E-state index in [1.54, 1.807) is 37.4 Å². The number of amides is 1. The van der Waals surface area contributed by atoms with Crippen molar-refractivity contribution in [2.45, 2.75) is 6.42 Å². The van der Waals surface area contributed by atoms with Crippen molar-refractivity contribution in [1.82, 2.24) is 15.3 Å². The molecule has 7 heteroatoms. The van der Waals surface area contributed by atoms with Gasteiger partial charge in [0.25, 0.3) is 0 Å². The lowest BCUT2D eigenvalue weighted by molar-refractivity contribution is -0.119. The summed E-state index contributed by atoms with van der Waals surface area (Å²) in [6, 6.07) is 9.92. The van der Waals surface area contributed by atoms with Gasteiger partial charge >= 0.3 is 0 Å². The summed E-state index contributed by atoms with van der Waals surface area (Å²) in [5.74, 6) is 0.494. The number of carbonyl (C=O) groups is 1. The molecule has 122 valence electrons. The Kier molecular flexibility index (Phi) is 4.48. The molecule has 0 aliphatic heterocycles. The largest absolute Gasteiger partial charge is 0.508 e. The van der Waals surface area contributed by atoms with Gasteiger partial charge in [-0.15, -0.1) is 0 Å². The SMILES string of the molecule is CNC(=O)Cc1ccc(Oc2cnc3cc(Cl)ccc3n2)cc1O. The Hall–Kier alpha value is -2.86. The average molecular weight is 344 g/mol. The van der Waals surface area contributed by atoms with E-state index in [1.165, 1.54) is 12.3 Å². The number of aromatic hydroxyl groups is 1. The van der Waals surface area contributed by atoms with Crippen LogP contribution in [0, 0.1) is 0 Å². The van der Waals surface area contributed by atoms with E-state index >= 15 is 0 Å². The van der Waals surface area contributed by atoms with Crippen LogP contribution in [-0.4, -0.2) is 28.0 Å². The Balaban J connectivity index is 1.82. The van der Waals surface area contributed by atoms with E-state index in [1.807, 2.05) is 0 Å². The van der Waals surface area contributed by atoms with Crippen LogP contribution in [0.2, 0.25) is 5.02 Å². The van der Waals surface area contributed by atoms with Crippen LogP contribution in [0.3, 0.4) is 0 Å². The summed E-state index contributed by atoms with van der Waals surface area (Å²) >= 11 is 5.91. The third-order valence-corrected chi connectivity index (χ3v) is 3.63. The number of nitrogens with one attached hydrogen (secondary N) is 1. The normalized spacial score (nSPS) is 10.6. The topological polar surface area (TPSA) is 84.3 Å². The minimum Gasteiger partial charge on any atom is -0.508 e. The summed E-state index contributed by atoms with van der Waals surface area (Å²) < 4.78 is 5.62. The highest BCUT2D eigenvalue weighted by molar-refractivity contribution is 6.31. The molecule has 0 saturated heterocycles. The molecule has 0 bridgehead atoms. The molecule has 0 unspecified atom stereocenters. The molecule has 1 amide bonds. The molecule has 1 aromatic heterocycles. The second kappa shape index (κ2) is 6.72. The maximum Gasteiger partial charge on any atom is 0.238 e. The number of hydrogen-bond acceptors (Lipinski definition) is 5. The van der Waals surface area contributed by atoms with Crippen molar-refractivity contribution in [3.05, 3.63) is 53.2 Å². The Bertz CT molecular complexity index is 915. The molecule has 0 spiro atoms. The molecule has 6 nitrogen and oxygen atoms in total. The first-order valence-corrected chi connectivity index (χ1v) is 7.55. The van der Waals surface area contributed by atoms with Crippen molar-refractivity contribution in [2.24, 2.45) is 0 Å². The minimum atomic E-state index is -0.182. The van der Waals surface area contributed by atoms with Crippen molar-refractivity contribution >= 4 is 28.5 Å². The fraction of sp³-hybridized carbons (Fsp3) is 0.118. The monoisotopic (exact) mass is 343 g/mol. The van der Waals surface area contributed by atoms with Crippen LogP contribution >= 0.6 is 11.6 Å². The molecule has 24 heavy (non-hydrogen) atoms. The van der Waals surface area contributed by atoms with Crippen LogP contribution in [0.4, 0.5) is 0 Å². The van der Waals surface area contributed by atoms with Gasteiger partial charge in [-0.3, -0.25) is 4.79 Å². The zero-order valence-electron chi connectivity index (χ0n) is 12.8. The molecule has 1 heterocycles. The van der Waals surface area contributed by atoms with Gasteiger partial charge in [0.2, 0.25) is 11.8 Å². The summed E-state index contributed by atoms with van der Waals surface area (Å²) in [6.45, 7) is 0. The number of phenolic OH excluding ortho intramolecular Hbond substituents is 1. The van der Waals surface area contributed by atoms with E-state index in [0.717, 1.165) is 0 Å². The number of likely N-dealkylation sites (N-methyl/N-ethyl adjacent to an activating group) is 1. The second-order valence-corrected chi connectivity index (χ2v) is 5.52. The summed E-state index contributed by atoms with van der Waals surface area (Å²) in [6.07, 6.45) is 1.58. The highest BCUT2D eigenvalue weighted by Crippen LogP contribution is 2.28. The van der Waals surface area contributed by atoms with E-state index in [0.29, 0.717) is 33.2 Å². The van der Waals surface area contributed by atoms with Crippen LogP contribution in [0.25, 0.3) is 11.0 Å². The smallest absolute Gasteiger partial charge is 0.238 e. The van der Waals surface area contributed by atoms with Crippen LogP contribution in [0.15, 0.2) is 42.6 Å². The van der Waals surface area contributed by atoms with Gasteiger partial charge in [-0.25, -0.2) is 9.97 Å². The molecule has 0 aliphatic carbocycles. The predicted octanol–water partition coefficient (Wildman–Crippen LogP) is 3.07. The van der Waals surface area contributed by atoms with Gasteiger partial charge in [-0.2, -0.15) is 0 Å². The Labute approximate surface area is 143 Å². The first-order valence-electron chi connectivity index (χ1n) is 7.18. The molecule has 0 saturated carbocycles. The summed E-state index contributed by atoms with van der Waals surface area (Å²) in [4.78, 5) is 20.0. The van der Waals surface area contributed by atoms with E-state index in [4.69, 9.17) is 16.3 Å². The van der Waals surface area contributed by atoms with Gasteiger partial charge in [0.05, 0.1) is 23.7 Å². The van der Waals surface area contributed by atoms with Gasteiger partial charge in [0, 0.05) is 23.7 Å². The number of fused-ring (bicyclic) bond motifs is 1. The lowest BCUT2D eigenvalue weighted by Gasteiger charge is -2.08. The van der Waals surface area contributed by atoms with Gasteiger partial charge in [0.15, 0.2) is 0 Å². The quantitative estimate of drug-likeness (QED) is 0.760. The van der Waals surface area contributed by atoms with Crippen LogP contribution in [0.5, 0.6) is 17.4 Å². The number of benzene rings is 2. The number of halogens is 1. The number of rotatable bonds is 4. The number of carbonyl (C=O) groups excluding carboxylic acids is 1. The third kappa shape index (κ3) is 3.55. The maximum absolute atomic E-state index is 11.4. The highest BCUT2D eigenvalue weighted by atomic mass is 35.5. The molecule has 0 atom stereocenters. The number of aromatic nitrogens is 2. The van der Waals surface area contributed by atoms with E-state index in [9.17, 15) is 9.90 Å². The van der Waals surface area contributed by atoms with Gasteiger partial charge < -0.3 is 15.2 Å². The first kappa shape index (κ1) is 16.0. The molecule has 3 aromatic rings. The fourth-order valence-corrected chi connectivity index (χ4v) is 2.32. The Morgan fingerprint density at radius 3 is 2.83 bits per heavy atom. The summed E-state index contributed by atoms with van der Waals surface area (Å²) in [5.41, 5.74) is 1.83. The first-order chi connectivity index (χ1) is 11.5. The highest BCUT2D eigenvalue weighted by Gasteiger charge is 2.09. The van der Waals surface area contributed by atoms with Crippen LogP contribution in [0.1, 0.15) is 5.56 Å².